The Morgan fingerprint density at radius 3 is 2.58 bits per heavy atom. The standard InChI is InChI=1S/C19H16N2O4S/c1-12-19(22)20-17-11-15(7-9-18(17)25-12)21-26(23,24)16-8-6-13-4-2-3-5-14(13)10-16/h2-12,21H,1H3,(H,20,22)/t12-/m1/s1. The van der Waals surface area contributed by atoms with Crippen molar-refractivity contribution in [3.8, 4) is 5.75 Å². The lowest BCUT2D eigenvalue weighted by Gasteiger charge is -2.23. The van der Waals surface area contributed by atoms with Crippen LogP contribution in [0.3, 0.4) is 0 Å². The summed E-state index contributed by atoms with van der Waals surface area (Å²) in [5.41, 5.74) is 0.780. The first-order valence-electron chi connectivity index (χ1n) is 8.05. The van der Waals surface area contributed by atoms with Crippen LogP contribution in [0.4, 0.5) is 11.4 Å². The molecule has 4 rings (SSSR count). The molecule has 0 aliphatic carbocycles. The van der Waals surface area contributed by atoms with Gasteiger partial charge in [-0.15, -0.1) is 0 Å². The molecule has 0 saturated heterocycles. The summed E-state index contributed by atoms with van der Waals surface area (Å²) in [5, 5.41) is 4.51. The van der Waals surface area contributed by atoms with Gasteiger partial charge in [0.25, 0.3) is 15.9 Å². The second-order valence-corrected chi connectivity index (χ2v) is 7.76. The van der Waals surface area contributed by atoms with Crippen LogP contribution >= 0.6 is 0 Å². The van der Waals surface area contributed by atoms with E-state index in [0.29, 0.717) is 17.1 Å². The molecule has 1 aliphatic heterocycles. The summed E-state index contributed by atoms with van der Waals surface area (Å²) in [7, 11) is -3.76. The van der Waals surface area contributed by atoms with E-state index in [0.717, 1.165) is 10.8 Å². The van der Waals surface area contributed by atoms with Gasteiger partial charge in [-0.2, -0.15) is 0 Å². The van der Waals surface area contributed by atoms with Gasteiger partial charge in [-0.25, -0.2) is 8.42 Å². The normalized spacial score (nSPS) is 16.5. The number of carbonyl (C=O) groups is 1. The topological polar surface area (TPSA) is 84.5 Å². The maximum absolute atomic E-state index is 12.7. The Labute approximate surface area is 150 Å². The predicted molar refractivity (Wildman–Crippen MR) is 99.9 cm³/mol. The molecule has 1 aliphatic rings. The first kappa shape index (κ1) is 16.4. The summed E-state index contributed by atoms with van der Waals surface area (Å²) in [6.07, 6.45) is -0.581. The molecular formula is C19H16N2O4S. The van der Waals surface area contributed by atoms with Crippen LogP contribution in [-0.2, 0) is 14.8 Å². The van der Waals surface area contributed by atoms with Crippen LogP contribution in [0, 0.1) is 0 Å². The molecule has 2 N–H and O–H groups in total. The number of hydrogen-bond acceptors (Lipinski definition) is 4. The van der Waals surface area contributed by atoms with Crippen molar-refractivity contribution >= 4 is 38.1 Å². The van der Waals surface area contributed by atoms with E-state index in [1.807, 2.05) is 24.3 Å². The molecule has 26 heavy (non-hydrogen) atoms. The summed E-state index contributed by atoms with van der Waals surface area (Å²) in [6, 6.07) is 17.3. The van der Waals surface area contributed by atoms with Crippen LogP contribution in [0.2, 0.25) is 0 Å². The highest BCUT2D eigenvalue weighted by atomic mass is 32.2. The van der Waals surface area contributed by atoms with Crippen molar-refractivity contribution in [1.82, 2.24) is 0 Å². The second-order valence-electron chi connectivity index (χ2n) is 6.07. The lowest BCUT2D eigenvalue weighted by molar-refractivity contribution is -0.122. The van der Waals surface area contributed by atoms with Gasteiger partial charge in [0.15, 0.2) is 6.10 Å². The van der Waals surface area contributed by atoms with Gasteiger partial charge in [0.05, 0.1) is 16.3 Å². The van der Waals surface area contributed by atoms with Gasteiger partial charge in [-0.05, 0) is 48.0 Å². The predicted octanol–water partition coefficient (Wildman–Crippen LogP) is 3.36. The Bertz CT molecular complexity index is 1130. The van der Waals surface area contributed by atoms with Crippen molar-refractivity contribution in [1.29, 1.82) is 0 Å². The molecule has 0 fully saturated rings. The molecule has 0 unspecified atom stereocenters. The van der Waals surface area contributed by atoms with E-state index in [2.05, 4.69) is 10.0 Å². The van der Waals surface area contributed by atoms with E-state index in [1.165, 1.54) is 6.07 Å². The fourth-order valence-electron chi connectivity index (χ4n) is 2.82. The number of ether oxygens (including phenoxy) is 1. The van der Waals surface area contributed by atoms with Gasteiger partial charge in [0, 0.05) is 0 Å². The molecule has 3 aromatic carbocycles. The quantitative estimate of drug-likeness (QED) is 0.742. The maximum Gasteiger partial charge on any atom is 0.265 e. The van der Waals surface area contributed by atoms with Gasteiger partial charge in [0.2, 0.25) is 0 Å². The zero-order valence-corrected chi connectivity index (χ0v) is 14.7. The third-order valence-electron chi connectivity index (χ3n) is 4.19. The molecule has 1 amide bonds. The minimum atomic E-state index is -3.76. The van der Waals surface area contributed by atoms with Crippen molar-refractivity contribution < 1.29 is 17.9 Å². The monoisotopic (exact) mass is 368 g/mol. The summed E-state index contributed by atoms with van der Waals surface area (Å²) in [6.45, 7) is 1.65. The van der Waals surface area contributed by atoms with Gasteiger partial charge in [-0.3, -0.25) is 9.52 Å². The molecule has 7 heteroatoms. The van der Waals surface area contributed by atoms with Gasteiger partial charge in [-0.1, -0.05) is 30.3 Å². The van der Waals surface area contributed by atoms with E-state index in [4.69, 9.17) is 4.74 Å². The lowest BCUT2D eigenvalue weighted by atomic mass is 10.1. The third kappa shape index (κ3) is 2.97. The highest BCUT2D eigenvalue weighted by Gasteiger charge is 2.24. The minimum absolute atomic E-state index is 0.169. The van der Waals surface area contributed by atoms with Gasteiger partial charge < -0.3 is 10.1 Å². The van der Waals surface area contributed by atoms with Gasteiger partial charge >= 0.3 is 0 Å². The summed E-state index contributed by atoms with van der Waals surface area (Å²) < 4.78 is 33.4. The van der Waals surface area contributed by atoms with Crippen LogP contribution in [0.15, 0.2) is 65.6 Å². The molecular weight excluding hydrogens is 352 g/mol. The highest BCUT2D eigenvalue weighted by Crippen LogP contribution is 2.33. The summed E-state index contributed by atoms with van der Waals surface area (Å²) >= 11 is 0. The van der Waals surface area contributed by atoms with Crippen LogP contribution < -0.4 is 14.8 Å². The molecule has 0 saturated carbocycles. The molecule has 0 spiro atoms. The number of anilines is 2. The first-order valence-corrected chi connectivity index (χ1v) is 9.54. The number of carbonyl (C=O) groups excluding carboxylic acids is 1. The number of fused-ring (bicyclic) bond motifs is 2. The number of benzene rings is 3. The van der Waals surface area contributed by atoms with Crippen molar-refractivity contribution in [3.05, 3.63) is 60.7 Å². The zero-order valence-electron chi connectivity index (χ0n) is 13.9. The molecule has 1 atom stereocenters. The number of rotatable bonds is 3. The van der Waals surface area contributed by atoms with E-state index in [1.54, 1.807) is 37.3 Å². The van der Waals surface area contributed by atoms with Crippen molar-refractivity contribution in [2.45, 2.75) is 17.9 Å². The Morgan fingerprint density at radius 1 is 1.00 bits per heavy atom. The molecule has 1 heterocycles. The summed E-state index contributed by atoms with van der Waals surface area (Å²) in [4.78, 5) is 11.9. The SMILES string of the molecule is C[C@H]1Oc2ccc(NS(=O)(=O)c3ccc4ccccc4c3)cc2NC1=O. The Morgan fingerprint density at radius 2 is 1.77 bits per heavy atom. The number of nitrogens with one attached hydrogen (secondary N) is 2. The largest absolute Gasteiger partial charge is 0.479 e. The number of amides is 1. The molecule has 3 aromatic rings. The van der Waals surface area contributed by atoms with Crippen molar-refractivity contribution in [2.24, 2.45) is 0 Å². The van der Waals surface area contributed by atoms with Crippen molar-refractivity contribution in [3.63, 3.8) is 0 Å². The van der Waals surface area contributed by atoms with Crippen LogP contribution in [0.25, 0.3) is 10.8 Å². The molecule has 6 nitrogen and oxygen atoms in total. The Balaban J connectivity index is 1.65. The van der Waals surface area contributed by atoms with E-state index >= 15 is 0 Å². The number of hydrogen-bond donors (Lipinski definition) is 2. The third-order valence-corrected chi connectivity index (χ3v) is 5.57. The smallest absolute Gasteiger partial charge is 0.265 e. The molecule has 0 bridgehead atoms. The van der Waals surface area contributed by atoms with E-state index in [9.17, 15) is 13.2 Å². The second kappa shape index (κ2) is 6.03. The Kier molecular flexibility index (Phi) is 3.81. The van der Waals surface area contributed by atoms with E-state index in [-0.39, 0.29) is 10.8 Å². The Hall–Kier alpha value is -3.06. The van der Waals surface area contributed by atoms with Crippen LogP contribution in [-0.4, -0.2) is 20.4 Å². The molecule has 0 radical (unpaired) electrons. The minimum Gasteiger partial charge on any atom is -0.479 e. The summed E-state index contributed by atoms with van der Waals surface area (Å²) in [5.74, 6) is 0.234. The van der Waals surface area contributed by atoms with Crippen LogP contribution in [0.1, 0.15) is 6.92 Å². The van der Waals surface area contributed by atoms with Crippen molar-refractivity contribution in [2.75, 3.05) is 10.0 Å². The van der Waals surface area contributed by atoms with E-state index < -0.39 is 16.1 Å². The highest BCUT2D eigenvalue weighted by molar-refractivity contribution is 7.92. The maximum atomic E-state index is 12.7. The average Bonchev–Trinajstić information content (AvgIpc) is 2.62. The zero-order chi connectivity index (χ0) is 18.3. The first-order chi connectivity index (χ1) is 12.4. The van der Waals surface area contributed by atoms with Gasteiger partial charge in [0.1, 0.15) is 5.75 Å². The fourth-order valence-corrected chi connectivity index (χ4v) is 3.91. The van der Waals surface area contributed by atoms with Crippen LogP contribution in [0.5, 0.6) is 5.75 Å². The lowest BCUT2D eigenvalue weighted by Crippen LogP contribution is -2.34. The number of sulfonamides is 1. The fraction of sp³-hybridized carbons (Fsp3) is 0.105. The molecule has 0 aromatic heterocycles. The molecule has 132 valence electrons. The average molecular weight is 368 g/mol.